The van der Waals surface area contributed by atoms with Gasteiger partial charge in [0.25, 0.3) is 0 Å². The molecule has 1 atom stereocenters. The van der Waals surface area contributed by atoms with E-state index >= 15 is 0 Å². The Balaban J connectivity index is 2.14. The first-order valence-corrected chi connectivity index (χ1v) is 6.89. The van der Waals surface area contributed by atoms with Crippen molar-refractivity contribution >= 4 is 0 Å². The van der Waals surface area contributed by atoms with Gasteiger partial charge >= 0.3 is 0 Å². The second-order valence-corrected chi connectivity index (χ2v) is 5.55. The largest absolute Gasteiger partial charge is 0.389 e. The number of benzene rings is 1. The fraction of sp³-hybridized carbons (Fsp3) is 0.438. The van der Waals surface area contributed by atoms with Crippen LogP contribution in [0.1, 0.15) is 30.8 Å². The van der Waals surface area contributed by atoms with Gasteiger partial charge < -0.3 is 5.11 Å². The highest BCUT2D eigenvalue weighted by Gasteiger charge is 2.24. The molecule has 2 aromatic rings. The number of aromatic nitrogens is 2. The van der Waals surface area contributed by atoms with E-state index in [9.17, 15) is 9.50 Å². The fourth-order valence-electron chi connectivity index (χ4n) is 2.41. The molecule has 0 saturated carbocycles. The minimum absolute atomic E-state index is 0.271. The van der Waals surface area contributed by atoms with Crippen molar-refractivity contribution in [2.45, 2.75) is 38.7 Å². The summed E-state index contributed by atoms with van der Waals surface area (Å²) in [5, 5.41) is 14.9. The summed E-state index contributed by atoms with van der Waals surface area (Å²) in [5.74, 6) is -0.271. The van der Waals surface area contributed by atoms with Crippen LogP contribution < -0.4 is 0 Å². The van der Waals surface area contributed by atoms with Crippen molar-refractivity contribution in [3.05, 3.63) is 53.1 Å². The van der Waals surface area contributed by atoms with Gasteiger partial charge in [-0.3, -0.25) is 4.68 Å². The van der Waals surface area contributed by atoms with Crippen molar-refractivity contribution in [1.82, 2.24) is 9.78 Å². The molecule has 1 heterocycles. The topological polar surface area (TPSA) is 38.0 Å². The molecule has 1 aromatic carbocycles. The third-order valence-corrected chi connectivity index (χ3v) is 3.48. The van der Waals surface area contributed by atoms with Crippen LogP contribution in [0.4, 0.5) is 4.39 Å². The van der Waals surface area contributed by atoms with E-state index in [0.29, 0.717) is 12.0 Å². The molecule has 0 aliphatic carbocycles. The number of aryl methyl sites for hydroxylation is 2. The zero-order valence-electron chi connectivity index (χ0n) is 12.2. The lowest BCUT2D eigenvalue weighted by Gasteiger charge is -2.23. The van der Waals surface area contributed by atoms with Crippen LogP contribution in [0, 0.1) is 5.82 Å². The van der Waals surface area contributed by atoms with Gasteiger partial charge in [-0.1, -0.05) is 25.1 Å². The van der Waals surface area contributed by atoms with Gasteiger partial charge in [0.1, 0.15) is 5.82 Å². The Morgan fingerprint density at radius 1 is 1.30 bits per heavy atom. The van der Waals surface area contributed by atoms with Gasteiger partial charge in [-0.25, -0.2) is 4.39 Å². The lowest BCUT2D eigenvalue weighted by atomic mass is 9.91. The molecule has 0 fully saturated rings. The van der Waals surface area contributed by atoms with E-state index in [0.717, 1.165) is 17.8 Å². The average molecular weight is 276 g/mol. The van der Waals surface area contributed by atoms with Crippen LogP contribution in [0.5, 0.6) is 0 Å². The van der Waals surface area contributed by atoms with E-state index in [1.165, 1.54) is 6.07 Å². The minimum atomic E-state index is -0.999. The quantitative estimate of drug-likeness (QED) is 0.911. The number of aliphatic hydroxyl groups is 1. The molecule has 0 amide bonds. The molecule has 0 spiro atoms. The Morgan fingerprint density at radius 2 is 2.00 bits per heavy atom. The first-order chi connectivity index (χ1) is 9.41. The lowest BCUT2D eigenvalue weighted by Crippen LogP contribution is -2.31. The molecule has 2 rings (SSSR count). The molecule has 0 aliphatic heterocycles. The molecule has 1 N–H and O–H groups in total. The van der Waals surface area contributed by atoms with Crippen LogP contribution >= 0.6 is 0 Å². The normalized spacial score (nSPS) is 14.2. The zero-order chi connectivity index (χ0) is 14.8. The van der Waals surface area contributed by atoms with Crippen molar-refractivity contribution in [2.24, 2.45) is 7.05 Å². The standard InChI is InChI=1S/C16H21FN2O/c1-4-13-9-14(19(3)18-13)11-16(2,20)10-12-7-5-6-8-15(12)17/h5-9,20H,4,10-11H2,1-3H3. The Kier molecular flexibility index (Phi) is 4.23. The van der Waals surface area contributed by atoms with E-state index in [-0.39, 0.29) is 12.2 Å². The number of halogens is 1. The number of hydrogen-bond donors (Lipinski definition) is 1. The van der Waals surface area contributed by atoms with Gasteiger partial charge in [0.05, 0.1) is 11.3 Å². The van der Waals surface area contributed by atoms with Crippen LogP contribution in [0.3, 0.4) is 0 Å². The molecule has 0 bridgehead atoms. The van der Waals surface area contributed by atoms with Crippen molar-refractivity contribution in [1.29, 1.82) is 0 Å². The highest BCUT2D eigenvalue weighted by Crippen LogP contribution is 2.21. The van der Waals surface area contributed by atoms with E-state index < -0.39 is 5.60 Å². The molecule has 3 nitrogen and oxygen atoms in total. The summed E-state index contributed by atoms with van der Waals surface area (Å²) in [4.78, 5) is 0. The molecule has 0 saturated heterocycles. The summed E-state index contributed by atoms with van der Waals surface area (Å²) in [5.41, 5.74) is 1.50. The molecule has 0 radical (unpaired) electrons. The van der Waals surface area contributed by atoms with Crippen LogP contribution in [0.25, 0.3) is 0 Å². The number of rotatable bonds is 5. The van der Waals surface area contributed by atoms with E-state index in [1.54, 1.807) is 29.8 Å². The lowest BCUT2D eigenvalue weighted by molar-refractivity contribution is 0.0580. The Labute approximate surface area is 119 Å². The van der Waals surface area contributed by atoms with Crippen molar-refractivity contribution < 1.29 is 9.50 Å². The van der Waals surface area contributed by atoms with Crippen molar-refractivity contribution in [3.8, 4) is 0 Å². The Morgan fingerprint density at radius 3 is 2.60 bits per heavy atom. The predicted molar refractivity (Wildman–Crippen MR) is 77.0 cm³/mol. The molecule has 1 aromatic heterocycles. The Bertz CT molecular complexity index is 590. The minimum Gasteiger partial charge on any atom is -0.389 e. The molecule has 0 aliphatic rings. The molecular weight excluding hydrogens is 255 g/mol. The van der Waals surface area contributed by atoms with Crippen LogP contribution in [-0.2, 0) is 26.3 Å². The predicted octanol–water partition coefficient (Wildman–Crippen LogP) is 2.66. The second kappa shape index (κ2) is 5.75. The van der Waals surface area contributed by atoms with Crippen LogP contribution in [0.2, 0.25) is 0 Å². The summed E-state index contributed by atoms with van der Waals surface area (Å²) in [6, 6.07) is 8.57. The number of hydrogen-bond acceptors (Lipinski definition) is 2. The maximum Gasteiger partial charge on any atom is 0.126 e. The average Bonchev–Trinajstić information content (AvgIpc) is 2.72. The summed E-state index contributed by atoms with van der Waals surface area (Å²) >= 11 is 0. The third-order valence-electron chi connectivity index (χ3n) is 3.48. The highest BCUT2D eigenvalue weighted by atomic mass is 19.1. The smallest absolute Gasteiger partial charge is 0.126 e. The summed E-state index contributed by atoms with van der Waals surface area (Å²) in [6.07, 6.45) is 1.60. The highest BCUT2D eigenvalue weighted by molar-refractivity contribution is 5.21. The molecule has 108 valence electrons. The molecule has 4 heteroatoms. The van der Waals surface area contributed by atoms with Gasteiger partial charge in [-0.2, -0.15) is 5.10 Å². The van der Waals surface area contributed by atoms with E-state index in [1.807, 2.05) is 20.0 Å². The molecular formula is C16H21FN2O. The fourth-order valence-corrected chi connectivity index (χ4v) is 2.41. The third kappa shape index (κ3) is 3.45. The van der Waals surface area contributed by atoms with E-state index in [4.69, 9.17) is 0 Å². The number of nitrogens with zero attached hydrogens (tertiary/aromatic N) is 2. The molecule has 1 unspecified atom stereocenters. The zero-order valence-corrected chi connectivity index (χ0v) is 12.2. The van der Waals surface area contributed by atoms with Crippen molar-refractivity contribution in [3.63, 3.8) is 0 Å². The van der Waals surface area contributed by atoms with Gasteiger partial charge in [-0.05, 0) is 31.0 Å². The Hall–Kier alpha value is -1.68. The van der Waals surface area contributed by atoms with E-state index in [2.05, 4.69) is 5.10 Å². The summed E-state index contributed by atoms with van der Waals surface area (Å²) in [7, 11) is 1.87. The SMILES string of the molecule is CCc1cc(CC(C)(O)Cc2ccccc2F)n(C)n1. The van der Waals surface area contributed by atoms with Crippen molar-refractivity contribution in [2.75, 3.05) is 0 Å². The molecule has 20 heavy (non-hydrogen) atoms. The first-order valence-electron chi connectivity index (χ1n) is 6.89. The van der Waals surface area contributed by atoms with Crippen LogP contribution in [0.15, 0.2) is 30.3 Å². The summed E-state index contributed by atoms with van der Waals surface area (Å²) in [6.45, 7) is 3.78. The van der Waals surface area contributed by atoms with Crippen LogP contribution in [-0.4, -0.2) is 20.5 Å². The van der Waals surface area contributed by atoms with Gasteiger partial charge in [0.15, 0.2) is 0 Å². The van der Waals surface area contributed by atoms with Gasteiger partial charge in [-0.15, -0.1) is 0 Å². The maximum atomic E-state index is 13.7. The van der Waals surface area contributed by atoms with Gasteiger partial charge in [0.2, 0.25) is 0 Å². The summed E-state index contributed by atoms with van der Waals surface area (Å²) < 4.78 is 15.5. The second-order valence-electron chi connectivity index (χ2n) is 5.55. The monoisotopic (exact) mass is 276 g/mol. The van der Waals surface area contributed by atoms with Gasteiger partial charge in [0, 0.05) is 25.6 Å². The first kappa shape index (κ1) is 14.7. The maximum absolute atomic E-state index is 13.7.